The molecule has 0 aliphatic carbocycles. The van der Waals surface area contributed by atoms with Gasteiger partial charge in [0.2, 0.25) is 0 Å². The van der Waals surface area contributed by atoms with Crippen molar-refractivity contribution >= 4 is 17.5 Å². The van der Waals surface area contributed by atoms with Crippen molar-refractivity contribution in [3.8, 4) is 11.5 Å². The number of ketones is 1. The quantitative estimate of drug-likeness (QED) is 0.840. The Bertz CT molecular complexity index is 906. The first-order chi connectivity index (χ1) is 12.9. The lowest BCUT2D eigenvalue weighted by Crippen LogP contribution is -2.47. The number of hydrogen-bond acceptors (Lipinski definition) is 4. The minimum Gasteiger partial charge on any atom is -0.504 e. The molecule has 2 aromatic rings. The number of urea groups is 1. The number of allylic oxidation sites excluding steroid dienone is 1. The van der Waals surface area contributed by atoms with Crippen molar-refractivity contribution in [2.24, 2.45) is 0 Å². The van der Waals surface area contributed by atoms with Gasteiger partial charge in [-0.3, -0.25) is 9.69 Å². The highest BCUT2D eigenvalue weighted by Gasteiger charge is 2.35. The molecular formula is C21H22N2O4. The summed E-state index contributed by atoms with van der Waals surface area (Å²) >= 11 is 0. The lowest BCUT2D eigenvalue weighted by atomic mass is 9.92. The molecule has 1 aliphatic heterocycles. The van der Waals surface area contributed by atoms with Crippen molar-refractivity contribution in [1.82, 2.24) is 5.32 Å². The maximum absolute atomic E-state index is 12.8. The zero-order chi connectivity index (χ0) is 19.6. The first-order valence-corrected chi connectivity index (χ1v) is 8.77. The first kappa shape index (κ1) is 18.5. The fraction of sp³-hybridized carbons (Fsp3) is 0.238. The van der Waals surface area contributed by atoms with Gasteiger partial charge in [-0.1, -0.05) is 24.3 Å². The van der Waals surface area contributed by atoms with Gasteiger partial charge in [-0.05, 0) is 50.6 Å². The SMILES string of the molecule is CCOc1cc([C@H]2NC(=O)N(c3ccccc3)C(C)=C2C(C)=O)ccc1O. The number of rotatable bonds is 5. The Kier molecular flexibility index (Phi) is 5.16. The van der Waals surface area contributed by atoms with Gasteiger partial charge in [0.15, 0.2) is 17.3 Å². The minimum atomic E-state index is -0.616. The van der Waals surface area contributed by atoms with Gasteiger partial charge in [0.25, 0.3) is 0 Å². The van der Waals surface area contributed by atoms with Crippen LogP contribution in [0.4, 0.5) is 10.5 Å². The number of nitrogens with zero attached hydrogens (tertiary/aromatic N) is 1. The molecule has 0 radical (unpaired) electrons. The largest absolute Gasteiger partial charge is 0.504 e. The Balaban J connectivity index is 2.10. The van der Waals surface area contributed by atoms with Crippen molar-refractivity contribution in [3.63, 3.8) is 0 Å². The average molecular weight is 366 g/mol. The Morgan fingerprint density at radius 3 is 2.56 bits per heavy atom. The lowest BCUT2D eigenvalue weighted by molar-refractivity contribution is -0.114. The summed E-state index contributed by atoms with van der Waals surface area (Å²) in [5.41, 5.74) is 2.42. The van der Waals surface area contributed by atoms with Gasteiger partial charge in [0.1, 0.15) is 0 Å². The van der Waals surface area contributed by atoms with Gasteiger partial charge in [0.05, 0.1) is 18.3 Å². The van der Waals surface area contributed by atoms with Crippen LogP contribution in [0, 0.1) is 0 Å². The van der Waals surface area contributed by atoms with E-state index in [1.54, 1.807) is 19.1 Å². The van der Waals surface area contributed by atoms with E-state index < -0.39 is 6.04 Å². The zero-order valence-corrected chi connectivity index (χ0v) is 15.5. The number of Topliss-reactive ketones (excluding diaryl/α,β-unsaturated/α-hetero) is 1. The number of amides is 2. The van der Waals surface area contributed by atoms with Gasteiger partial charge in [0, 0.05) is 11.3 Å². The number of para-hydroxylation sites is 1. The zero-order valence-electron chi connectivity index (χ0n) is 15.5. The minimum absolute atomic E-state index is 0.0127. The Labute approximate surface area is 158 Å². The van der Waals surface area contributed by atoms with Crippen LogP contribution in [0.5, 0.6) is 11.5 Å². The second-order valence-electron chi connectivity index (χ2n) is 6.27. The summed E-state index contributed by atoms with van der Waals surface area (Å²) in [5, 5.41) is 12.8. The molecular weight excluding hydrogens is 344 g/mol. The standard InChI is InChI=1S/C21H22N2O4/c1-4-27-18-12-15(10-11-17(18)25)20-19(14(3)24)13(2)23(21(26)22-20)16-8-6-5-7-9-16/h5-12,20,25H,4H2,1-3H3,(H,22,26)/t20-/m1/s1. The van der Waals surface area contributed by atoms with E-state index in [0.29, 0.717) is 34.9 Å². The second kappa shape index (κ2) is 7.53. The molecule has 0 bridgehead atoms. The number of nitrogens with one attached hydrogen (secondary N) is 1. The van der Waals surface area contributed by atoms with Gasteiger partial charge in [-0.2, -0.15) is 0 Å². The van der Waals surface area contributed by atoms with E-state index in [9.17, 15) is 14.7 Å². The monoisotopic (exact) mass is 366 g/mol. The van der Waals surface area contributed by atoms with Crippen molar-refractivity contribution < 1.29 is 19.4 Å². The number of aromatic hydroxyl groups is 1. The summed E-state index contributed by atoms with van der Waals surface area (Å²) in [6.07, 6.45) is 0. The Hall–Kier alpha value is -3.28. The molecule has 0 fully saturated rings. The molecule has 6 nitrogen and oxygen atoms in total. The van der Waals surface area contributed by atoms with E-state index in [1.165, 1.54) is 17.9 Å². The van der Waals surface area contributed by atoms with Crippen LogP contribution in [-0.2, 0) is 4.79 Å². The van der Waals surface area contributed by atoms with Crippen LogP contribution < -0.4 is 15.0 Å². The molecule has 0 aromatic heterocycles. The third-order valence-electron chi connectivity index (χ3n) is 4.50. The van der Waals surface area contributed by atoms with E-state index in [1.807, 2.05) is 37.3 Å². The molecule has 6 heteroatoms. The maximum atomic E-state index is 12.8. The second-order valence-corrected chi connectivity index (χ2v) is 6.27. The van der Waals surface area contributed by atoms with E-state index in [0.717, 1.165) is 0 Å². The fourth-order valence-electron chi connectivity index (χ4n) is 3.32. The summed E-state index contributed by atoms with van der Waals surface area (Å²) in [4.78, 5) is 26.8. The number of carbonyl (C=O) groups excluding carboxylic acids is 2. The first-order valence-electron chi connectivity index (χ1n) is 8.77. The fourth-order valence-corrected chi connectivity index (χ4v) is 3.32. The average Bonchev–Trinajstić information content (AvgIpc) is 2.63. The molecule has 0 saturated carbocycles. The molecule has 1 heterocycles. The molecule has 1 aliphatic rings. The van der Waals surface area contributed by atoms with Crippen LogP contribution in [0.2, 0.25) is 0 Å². The van der Waals surface area contributed by atoms with Crippen LogP contribution in [-0.4, -0.2) is 23.5 Å². The normalized spacial score (nSPS) is 16.9. The van der Waals surface area contributed by atoms with E-state index in [2.05, 4.69) is 5.32 Å². The van der Waals surface area contributed by atoms with E-state index in [4.69, 9.17) is 4.74 Å². The van der Waals surface area contributed by atoms with Crippen molar-refractivity contribution in [2.45, 2.75) is 26.8 Å². The summed E-state index contributed by atoms with van der Waals surface area (Å²) in [5.74, 6) is 0.193. The topological polar surface area (TPSA) is 78.9 Å². The molecule has 2 amide bonds. The molecule has 0 saturated heterocycles. The number of benzene rings is 2. The highest BCUT2D eigenvalue weighted by atomic mass is 16.5. The summed E-state index contributed by atoms with van der Waals surface area (Å²) in [6, 6.07) is 13.1. The van der Waals surface area contributed by atoms with Gasteiger partial charge >= 0.3 is 6.03 Å². The smallest absolute Gasteiger partial charge is 0.326 e. The molecule has 0 unspecified atom stereocenters. The van der Waals surface area contributed by atoms with Crippen LogP contribution >= 0.6 is 0 Å². The number of carbonyl (C=O) groups is 2. The lowest BCUT2D eigenvalue weighted by Gasteiger charge is -2.35. The van der Waals surface area contributed by atoms with Gasteiger partial charge < -0.3 is 15.2 Å². The molecule has 1 atom stereocenters. The number of ether oxygens (including phenoxy) is 1. The number of anilines is 1. The highest BCUT2D eigenvalue weighted by Crippen LogP contribution is 2.37. The van der Waals surface area contributed by atoms with Gasteiger partial charge in [-0.15, -0.1) is 0 Å². The molecule has 0 spiro atoms. The maximum Gasteiger partial charge on any atom is 0.326 e. The summed E-state index contributed by atoms with van der Waals surface area (Å²) in [7, 11) is 0. The molecule has 27 heavy (non-hydrogen) atoms. The van der Waals surface area contributed by atoms with E-state index in [-0.39, 0.29) is 17.6 Å². The van der Waals surface area contributed by atoms with Crippen LogP contribution in [0.15, 0.2) is 59.8 Å². The van der Waals surface area contributed by atoms with Crippen molar-refractivity contribution in [2.75, 3.05) is 11.5 Å². The predicted octanol–water partition coefficient (Wildman–Crippen LogP) is 3.92. The molecule has 140 valence electrons. The number of hydrogen-bond donors (Lipinski definition) is 2. The van der Waals surface area contributed by atoms with Gasteiger partial charge in [-0.25, -0.2) is 4.79 Å². The van der Waals surface area contributed by atoms with Crippen LogP contribution in [0.25, 0.3) is 0 Å². The molecule has 2 N–H and O–H groups in total. The highest BCUT2D eigenvalue weighted by molar-refractivity contribution is 6.04. The number of phenols is 1. The third-order valence-corrected chi connectivity index (χ3v) is 4.50. The Morgan fingerprint density at radius 1 is 1.22 bits per heavy atom. The van der Waals surface area contributed by atoms with Crippen molar-refractivity contribution in [3.05, 3.63) is 65.4 Å². The number of phenolic OH excluding ortho intramolecular Hbond substituents is 1. The third kappa shape index (κ3) is 3.51. The Morgan fingerprint density at radius 2 is 1.93 bits per heavy atom. The molecule has 3 rings (SSSR count). The van der Waals surface area contributed by atoms with Crippen molar-refractivity contribution in [1.29, 1.82) is 0 Å². The van der Waals surface area contributed by atoms with E-state index >= 15 is 0 Å². The van der Waals surface area contributed by atoms with Crippen LogP contribution in [0.3, 0.4) is 0 Å². The summed E-state index contributed by atoms with van der Waals surface area (Å²) in [6.45, 7) is 5.46. The molecule has 2 aromatic carbocycles. The predicted molar refractivity (Wildman–Crippen MR) is 103 cm³/mol. The van der Waals surface area contributed by atoms with Crippen LogP contribution in [0.1, 0.15) is 32.4 Å². The summed E-state index contributed by atoms with van der Waals surface area (Å²) < 4.78 is 5.43.